The molecule has 13 heteroatoms. The van der Waals surface area contributed by atoms with Crippen molar-refractivity contribution in [2.24, 2.45) is 0 Å². The highest BCUT2D eigenvalue weighted by Gasteiger charge is 2.24. The number of anilines is 1. The minimum absolute atomic E-state index is 0.101. The van der Waals surface area contributed by atoms with Gasteiger partial charge in [-0.2, -0.15) is 4.98 Å². The summed E-state index contributed by atoms with van der Waals surface area (Å²) in [6, 6.07) is 3.37. The Morgan fingerprint density at radius 2 is 1.80 bits per heavy atom. The molecule has 3 aromatic rings. The number of hydrogen-bond acceptors (Lipinski definition) is 9. The van der Waals surface area contributed by atoms with Gasteiger partial charge in [0, 0.05) is 69.1 Å². The van der Waals surface area contributed by atoms with Gasteiger partial charge in [0.1, 0.15) is 17.1 Å². The molecule has 0 aliphatic carbocycles. The number of fused-ring (bicyclic) bond motifs is 1. The zero-order valence-electron chi connectivity index (χ0n) is 23.3. The van der Waals surface area contributed by atoms with E-state index in [0.29, 0.717) is 60.3 Å². The van der Waals surface area contributed by atoms with Gasteiger partial charge in [-0.15, -0.1) is 0 Å². The fourth-order valence-electron chi connectivity index (χ4n) is 4.82. The van der Waals surface area contributed by atoms with Gasteiger partial charge in [0.05, 0.1) is 36.4 Å². The van der Waals surface area contributed by atoms with Crippen LogP contribution >= 0.6 is 23.2 Å². The van der Waals surface area contributed by atoms with Crippen molar-refractivity contribution in [1.82, 2.24) is 24.8 Å². The smallest absolute Gasteiger partial charge is 0.260 e. The number of ether oxygens (including phenoxy) is 3. The van der Waals surface area contributed by atoms with E-state index >= 15 is 0 Å². The van der Waals surface area contributed by atoms with E-state index in [9.17, 15) is 9.59 Å². The molecule has 1 fully saturated rings. The lowest BCUT2D eigenvalue weighted by Crippen LogP contribution is -2.45. The fraction of sp³-hybridized carbons (Fsp3) is 0.429. The maximum Gasteiger partial charge on any atom is 0.260 e. The number of methoxy groups -OCH3 is 3. The van der Waals surface area contributed by atoms with E-state index in [-0.39, 0.29) is 33.1 Å². The fourth-order valence-corrected chi connectivity index (χ4v) is 5.52. The van der Waals surface area contributed by atoms with E-state index in [2.05, 4.69) is 32.1 Å². The summed E-state index contributed by atoms with van der Waals surface area (Å²) in [5, 5.41) is 7.11. The summed E-state index contributed by atoms with van der Waals surface area (Å²) in [6.07, 6.45) is 4.55. The molecule has 1 aliphatic rings. The Kier molecular flexibility index (Phi) is 10.4. The van der Waals surface area contributed by atoms with Crippen LogP contribution in [0, 0.1) is 0 Å². The molecule has 0 atom stereocenters. The summed E-state index contributed by atoms with van der Waals surface area (Å²) in [4.78, 5) is 37.2. The normalized spacial score (nSPS) is 14.2. The maximum absolute atomic E-state index is 14.1. The van der Waals surface area contributed by atoms with Crippen LogP contribution in [-0.2, 0) is 16.1 Å². The first-order valence-electron chi connectivity index (χ1n) is 13.2. The van der Waals surface area contributed by atoms with Crippen molar-refractivity contribution in [1.29, 1.82) is 0 Å². The van der Waals surface area contributed by atoms with Crippen LogP contribution in [-0.4, -0.2) is 85.5 Å². The average molecular weight is 606 g/mol. The number of amides is 1. The number of carbonyl (C=O) groups is 1. The molecule has 0 bridgehead atoms. The second-order valence-corrected chi connectivity index (χ2v) is 10.3. The van der Waals surface area contributed by atoms with Gasteiger partial charge in [-0.25, -0.2) is 4.98 Å². The zero-order chi connectivity index (χ0) is 29.5. The Balaban J connectivity index is 1.73. The second-order valence-electron chi connectivity index (χ2n) is 9.52. The molecule has 2 aromatic heterocycles. The number of rotatable bonds is 12. The number of halogens is 2. The van der Waals surface area contributed by atoms with E-state index in [0.717, 1.165) is 25.9 Å². The van der Waals surface area contributed by atoms with Gasteiger partial charge in [-0.1, -0.05) is 29.8 Å². The third-order valence-corrected chi connectivity index (χ3v) is 7.77. The van der Waals surface area contributed by atoms with E-state index in [1.54, 1.807) is 30.0 Å². The molecule has 1 saturated heterocycles. The van der Waals surface area contributed by atoms with Crippen LogP contribution in [0.1, 0.15) is 12.8 Å². The Morgan fingerprint density at radius 1 is 1.12 bits per heavy atom. The first-order valence-corrected chi connectivity index (χ1v) is 14.0. The van der Waals surface area contributed by atoms with E-state index < -0.39 is 0 Å². The molecule has 1 amide bonds. The van der Waals surface area contributed by atoms with Crippen molar-refractivity contribution in [3.8, 4) is 22.6 Å². The lowest BCUT2D eigenvalue weighted by Gasteiger charge is -2.32. The summed E-state index contributed by atoms with van der Waals surface area (Å²) in [5.41, 5.74) is 0.751. The number of nitrogens with zero attached hydrogens (tertiary/aromatic N) is 4. The van der Waals surface area contributed by atoms with Crippen LogP contribution in [0.3, 0.4) is 0 Å². The monoisotopic (exact) mass is 604 g/mol. The summed E-state index contributed by atoms with van der Waals surface area (Å²) in [6.45, 7) is 7.01. The van der Waals surface area contributed by atoms with Gasteiger partial charge < -0.3 is 29.7 Å². The highest BCUT2D eigenvalue weighted by atomic mass is 35.5. The van der Waals surface area contributed by atoms with Crippen LogP contribution in [0.5, 0.6) is 11.5 Å². The SMILES string of the molecule is C=CC(=O)NC1CCN(CCn2c(=O)c(-c3c(Cl)c(OC)cc(OC)c3Cl)cc3cnc(NCCOC)nc32)CC1. The zero-order valence-corrected chi connectivity index (χ0v) is 24.8. The van der Waals surface area contributed by atoms with Crippen LogP contribution in [0.4, 0.5) is 5.95 Å². The maximum atomic E-state index is 14.1. The highest BCUT2D eigenvalue weighted by molar-refractivity contribution is 6.41. The molecule has 1 aromatic carbocycles. The number of carbonyl (C=O) groups excluding carboxylic acids is 1. The van der Waals surface area contributed by atoms with Crippen molar-refractivity contribution in [3.63, 3.8) is 0 Å². The van der Waals surface area contributed by atoms with Gasteiger partial charge >= 0.3 is 0 Å². The van der Waals surface area contributed by atoms with Crippen LogP contribution < -0.4 is 25.7 Å². The lowest BCUT2D eigenvalue weighted by molar-refractivity contribution is -0.117. The molecule has 41 heavy (non-hydrogen) atoms. The third-order valence-electron chi connectivity index (χ3n) is 7.02. The molecule has 0 unspecified atom stereocenters. The molecule has 220 valence electrons. The molecule has 0 saturated carbocycles. The first kappa shape index (κ1) is 30.6. The number of benzene rings is 1. The minimum atomic E-state index is -0.314. The van der Waals surface area contributed by atoms with Crippen molar-refractivity contribution in [2.45, 2.75) is 25.4 Å². The number of hydrogen-bond donors (Lipinski definition) is 2. The van der Waals surface area contributed by atoms with Gasteiger partial charge in [-0.05, 0) is 25.0 Å². The Labute approximate surface area is 248 Å². The van der Waals surface area contributed by atoms with Gasteiger partial charge in [-0.3, -0.25) is 14.2 Å². The van der Waals surface area contributed by atoms with E-state index in [1.165, 1.54) is 20.3 Å². The average Bonchev–Trinajstić information content (AvgIpc) is 2.98. The predicted octanol–water partition coefficient (Wildman–Crippen LogP) is 3.61. The van der Waals surface area contributed by atoms with Crippen molar-refractivity contribution >= 4 is 46.1 Å². The third kappa shape index (κ3) is 6.92. The summed E-state index contributed by atoms with van der Waals surface area (Å²) >= 11 is 13.4. The van der Waals surface area contributed by atoms with Crippen molar-refractivity contribution in [2.75, 3.05) is 59.4 Å². The van der Waals surface area contributed by atoms with Crippen LogP contribution in [0.25, 0.3) is 22.2 Å². The highest BCUT2D eigenvalue weighted by Crippen LogP contribution is 2.45. The molecule has 1 aliphatic heterocycles. The molecule has 4 rings (SSSR count). The Bertz CT molecular complexity index is 1440. The van der Waals surface area contributed by atoms with Crippen molar-refractivity contribution < 1.29 is 19.0 Å². The van der Waals surface area contributed by atoms with E-state index in [1.807, 2.05) is 0 Å². The molecule has 0 radical (unpaired) electrons. The number of aromatic nitrogens is 3. The molecular weight excluding hydrogens is 571 g/mol. The number of nitrogens with one attached hydrogen (secondary N) is 2. The number of likely N-dealkylation sites (tertiary alicyclic amines) is 1. The quantitative estimate of drug-likeness (QED) is 0.236. The molecule has 11 nitrogen and oxygen atoms in total. The summed E-state index contributed by atoms with van der Waals surface area (Å²) in [7, 11) is 4.58. The number of piperidine rings is 1. The van der Waals surface area contributed by atoms with E-state index in [4.69, 9.17) is 37.4 Å². The van der Waals surface area contributed by atoms with Gasteiger partial charge in [0.25, 0.3) is 5.56 Å². The molecular formula is C28H34Cl2N6O5. The summed E-state index contributed by atoms with van der Waals surface area (Å²) < 4.78 is 17.6. The van der Waals surface area contributed by atoms with Crippen molar-refractivity contribution in [3.05, 3.63) is 51.4 Å². The summed E-state index contributed by atoms with van der Waals surface area (Å²) in [5.74, 6) is 0.872. The predicted molar refractivity (Wildman–Crippen MR) is 161 cm³/mol. The molecule has 0 spiro atoms. The van der Waals surface area contributed by atoms with Gasteiger partial charge in [0.15, 0.2) is 0 Å². The Hall–Kier alpha value is -3.38. The van der Waals surface area contributed by atoms with Crippen LogP contribution in [0.2, 0.25) is 10.0 Å². The largest absolute Gasteiger partial charge is 0.495 e. The minimum Gasteiger partial charge on any atom is -0.495 e. The standard InChI is InChI=1S/C28H34Cl2N6O5/c1-5-22(37)33-18-6-9-35(10-7-18)11-12-36-26-17(16-32-28(34-26)31-8-13-39-2)14-19(27(36)38)23-24(29)20(40-3)15-21(41-4)25(23)30/h5,14-16,18H,1,6-13H2,2-4H3,(H,33,37)(H,31,32,34). The van der Waals surface area contributed by atoms with Crippen LogP contribution in [0.15, 0.2) is 35.8 Å². The lowest BCUT2D eigenvalue weighted by atomic mass is 10.0. The molecule has 2 N–H and O–H groups in total. The topological polar surface area (TPSA) is 120 Å². The first-order chi connectivity index (χ1) is 19.8. The molecule has 3 heterocycles. The second kappa shape index (κ2) is 14.0. The number of pyridine rings is 1. The Morgan fingerprint density at radius 3 is 2.41 bits per heavy atom. The van der Waals surface area contributed by atoms with Gasteiger partial charge in [0.2, 0.25) is 11.9 Å².